The summed E-state index contributed by atoms with van der Waals surface area (Å²) in [5, 5.41) is 22.6. The number of benzene rings is 1. The predicted molar refractivity (Wildman–Crippen MR) is 75.9 cm³/mol. The molecule has 0 saturated heterocycles. The Kier molecular flexibility index (Phi) is 5.91. The first-order valence-corrected chi connectivity index (χ1v) is 6.60. The molecule has 0 aliphatic carbocycles. The molecule has 0 aliphatic heterocycles. The van der Waals surface area contributed by atoms with E-state index in [2.05, 4.69) is 5.32 Å². The van der Waals surface area contributed by atoms with Gasteiger partial charge in [0.05, 0.1) is 15.5 Å². The summed E-state index contributed by atoms with van der Waals surface area (Å²) in [7, 11) is 0. The van der Waals surface area contributed by atoms with E-state index in [0.29, 0.717) is 6.42 Å². The number of nitrogens with one attached hydrogen (secondary N) is 1. The molecule has 2 N–H and O–H groups in total. The van der Waals surface area contributed by atoms with Gasteiger partial charge in [0, 0.05) is 24.8 Å². The van der Waals surface area contributed by atoms with Gasteiger partial charge in [-0.1, -0.05) is 25.4 Å². The number of hydrogen-bond acceptors (Lipinski definition) is 4. The molecule has 0 radical (unpaired) electrons. The van der Waals surface area contributed by atoms with E-state index >= 15 is 0 Å². The van der Waals surface area contributed by atoms with E-state index in [1.54, 1.807) is 0 Å². The van der Waals surface area contributed by atoms with Gasteiger partial charge in [0.1, 0.15) is 0 Å². The molecular formula is C13H17ClN2O4. The first-order valence-electron chi connectivity index (χ1n) is 6.22. The Hall–Kier alpha value is -1.66. The largest absolute Gasteiger partial charge is 0.396 e. The van der Waals surface area contributed by atoms with Gasteiger partial charge >= 0.3 is 0 Å². The van der Waals surface area contributed by atoms with Crippen LogP contribution >= 0.6 is 11.6 Å². The lowest BCUT2D eigenvalue weighted by atomic mass is 10.0. The number of aliphatic hydroxyl groups is 1. The average molecular weight is 301 g/mol. The third-order valence-electron chi connectivity index (χ3n) is 2.97. The minimum atomic E-state index is -0.583. The van der Waals surface area contributed by atoms with Gasteiger partial charge in [-0.2, -0.15) is 0 Å². The number of carbonyl (C=O) groups excluding carboxylic acids is 1. The van der Waals surface area contributed by atoms with Gasteiger partial charge in [0.25, 0.3) is 11.6 Å². The normalized spacial score (nSPS) is 12.2. The van der Waals surface area contributed by atoms with Crippen molar-refractivity contribution >= 4 is 23.2 Å². The first kappa shape index (κ1) is 16.4. The van der Waals surface area contributed by atoms with Gasteiger partial charge in [0.2, 0.25) is 0 Å². The van der Waals surface area contributed by atoms with E-state index < -0.39 is 10.8 Å². The van der Waals surface area contributed by atoms with Crippen LogP contribution in [0, 0.1) is 16.0 Å². The van der Waals surface area contributed by atoms with E-state index in [-0.39, 0.29) is 34.8 Å². The van der Waals surface area contributed by atoms with Crippen molar-refractivity contribution in [2.24, 2.45) is 5.92 Å². The predicted octanol–water partition coefficient (Wildman–Crippen LogP) is 2.39. The van der Waals surface area contributed by atoms with Gasteiger partial charge < -0.3 is 10.4 Å². The molecule has 110 valence electrons. The lowest BCUT2D eigenvalue weighted by Gasteiger charge is -2.21. The van der Waals surface area contributed by atoms with Gasteiger partial charge in [0.15, 0.2) is 0 Å². The molecule has 0 aromatic heterocycles. The van der Waals surface area contributed by atoms with Crippen LogP contribution in [-0.4, -0.2) is 28.6 Å². The van der Waals surface area contributed by atoms with Crippen LogP contribution in [0.2, 0.25) is 5.02 Å². The first-order chi connectivity index (χ1) is 9.36. The third kappa shape index (κ3) is 4.18. The summed E-state index contributed by atoms with van der Waals surface area (Å²) in [6, 6.07) is 3.49. The highest BCUT2D eigenvalue weighted by atomic mass is 35.5. The van der Waals surface area contributed by atoms with Crippen LogP contribution in [0.4, 0.5) is 5.69 Å². The maximum absolute atomic E-state index is 12.1. The molecule has 20 heavy (non-hydrogen) atoms. The SMILES string of the molecule is CC(C)C(CCO)NC(=O)c1cc([N+](=O)[O-])ccc1Cl. The van der Waals surface area contributed by atoms with Crippen LogP contribution in [0.3, 0.4) is 0 Å². The number of halogens is 1. The molecule has 1 atom stereocenters. The van der Waals surface area contributed by atoms with Gasteiger partial charge in [-0.3, -0.25) is 14.9 Å². The number of amides is 1. The van der Waals surface area contributed by atoms with Crippen LogP contribution < -0.4 is 5.32 Å². The molecule has 0 heterocycles. The Morgan fingerprint density at radius 3 is 2.65 bits per heavy atom. The number of nitro groups is 1. The van der Waals surface area contributed by atoms with Crippen LogP contribution in [0.5, 0.6) is 0 Å². The minimum Gasteiger partial charge on any atom is -0.396 e. The summed E-state index contributed by atoms with van der Waals surface area (Å²) < 4.78 is 0. The van der Waals surface area contributed by atoms with Crippen LogP contribution in [-0.2, 0) is 0 Å². The molecule has 1 aromatic carbocycles. The zero-order chi connectivity index (χ0) is 15.3. The summed E-state index contributed by atoms with van der Waals surface area (Å²) in [6.07, 6.45) is 0.413. The monoisotopic (exact) mass is 300 g/mol. The molecule has 0 aliphatic rings. The summed E-state index contributed by atoms with van der Waals surface area (Å²) in [6.45, 7) is 3.77. The van der Waals surface area contributed by atoms with Crippen molar-refractivity contribution in [1.82, 2.24) is 5.32 Å². The molecule has 0 saturated carbocycles. The minimum absolute atomic E-state index is 0.0498. The molecule has 6 nitrogen and oxygen atoms in total. The van der Waals surface area contributed by atoms with Crippen molar-refractivity contribution in [2.75, 3.05) is 6.61 Å². The standard InChI is InChI=1S/C13H17ClN2O4/c1-8(2)12(5-6-17)15-13(18)10-7-9(16(19)20)3-4-11(10)14/h3-4,7-8,12,17H,5-6H2,1-2H3,(H,15,18). The molecule has 7 heteroatoms. The Morgan fingerprint density at radius 1 is 1.50 bits per heavy atom. The number of nitrogens with zero attached hydrogens (tertiary/aromatic N) is 1. The fourth-order valence-corrected chi connectivity index (χ4v) is 1.96. The van der Waals surface area contributed by atoms with Gasteiger partial charge in [-0.25, -0.2) is 0 Å². The van der Waals surface area contributed by atoms with Crippen molar-refractivity contribution in [2.45, 2.75) is 26.3 Å². The lowest BCUT2D eigenvalue weighted by Crippen LogP contribution is -2.39. The zero-order valence-electron chi connectivity index (χ0n) is 11.3. The maximum Gasteiger partial charge on any atom is 0.270 e. The van der Waals surface area contributed by atoms with E-state index in [0.717, 1.165) is 6.07 Å². The summed E-state index contributed by atoms with van der Waals surface area (Å²) in [5.74, 6) is -0.352. The fourth-order valence-electron chi connectivity index (χ4n) is 1.76. The molecule has 1 amide bonds. The summed E-state index contributed by atoms with van der Waals surface area (Å²) >= 11 is 5.90. The van der Waals surface area contributed by atoms with Crippen molar-refractivity contribution in [1.29, 1.82) is 0 Å². The molecule has 0 spiro atoms. The van der Waals surface area contributed by atoms with Crippen LogP contribution in [0.15, 0.2) is 18.2 Å². The van der Waals surface area contributed by atoms with E-state index in [4.69, 9.17) is 16.7 Å². The van der Waals surface area contributed by atoms with Crippen molar-refractivity contribution in [3.05, 3.63) is 38.9 Å². The number of nitro benzene ring substituents is 1. The number of rotatable bonds is 6. The van der Waals surface area contributed by atoms with E-state index in [9.17, 15) is 14.9 Å². The molecule has 1 unspecified atom stereocenters. The van der Waals surface area contributed by atoms with E-state index in [1.807, 2.05) is 13.8 Å². The van der Waals surface area contributed by atoms with Crippen molar-refractivity contribution in [3.63, 3.8) is 0 Å². The lowest BCUT2D eigenvalue weighted by molar-refractivity contribution is -0.384. The maximum atomic E-state index is 12.1. The topological polar surface area (TPSA) is 92.5 Å². The van der Waals surface area contributed by atoms with Crippen LogP contribution in [0.1, 0.15) is 30.6 Å². The third-order valence-corrected chi connectivity index (χ3v) is 3.30. The Balaban J connectivity index is 2.96. The summed E-state index contributed by atoms with van der Waals surface area (Å²) in [4.78, 5) is 22.3. The highest BCUT2D eigenvalue weighted by Gasteiger charge is 2.20. The Labute approximate surface area is 121 Å². The number of non-ortho nitro benzene ring substituents is 1. The molecule has 1 aromatic rings. The van der Waals surface area contributed by atoms with Crippen molar-refractivity contribution in [3.8, 4) is 0 Å². The van der Waals surface area contributed by atoms with Crippen molar-refractivity contribution < 1.29 is 14.8 Å². The fraction of sp³-hybridized carbons (Fsp3) is 0.462. The van der Waals surface area contributed by atoms with E-state index in [1.165, 1.54) is 12.1 Å². The van der Waals surface area contributed by atoms with Crippen LogP contribution in [0.25, 0.3) is 0 Å². The van der Waals surface area contributed by atoms with Gasteiger partial charge in [-0.15, -0.1) is 0 Å². The quantitative estimate of drug-likeness (QED) is 0.623. The highest BCUT2D eigenvalue weighted by molar-refractivity contribution is 6.33. The zero-order valence-corrected chi connectivity index (χ0v) is 12.1. The average Bonchev–Trinajstić information content (AvgIpc) is 2.38. The Morgan fingerprint density at radius 2 is 2.15 bits per heavy atom. The molecule has 0 bridgehead atoms. The second-order valence-electron chi connectivity index (χ2n) is 4.76. The highest BCUT2D eigenvalue weighted by Crippen LogP contribution is 2.22. The second-order valence-corrected chi connectivity index (χ2v) is 5.16. The molecular weight excluding hydrogens is 284 g/mol. The van der Waals surface area contributed by atoms with Gasteiger partial charge in [-0.05, 0) is 18.4 Å². The second kappa shape index (κ2) is 7.21. The molecule has 1 rings (SSSR count). The number of carbonyl (C=O) groups is 1. The Bertz CT molecular complexity index is 505. The molecule has 0 fully saturated rings. The smallest absolute Gasteiger partial charge is 0.270 e. The number of aliphatic hydroxyl groups excluding tert-OH is 1. The summed E-state index contributed by atoms with van der Waals surface area (Å²) in [5.41, 5.74) is -0.132. The number of hydrogen-bond donors (Lipinski definition) is 2.